The second-order valence-corrected chi connectivity index (χ2v) is 35.7. The lowest BCUT2D eigenvalue weighted by Crippen LogP contribution is -2.64. The number of nitrogens with one attached hydrogen (secondary N) is 17. The fraction of sp³-hybridized carbons (Fsp3) is 0.548. The SMILES string of the molecule is CC(=O)NCSC[C@H](NC(=O)[C@H](CC(N)=O)NC(=O)[C@H](CC(=O)O)NC(=O)[C@@H](NC(=O)[C@H](CCC(N)=O)NC(=O)[C@H](CC1C=Nc2ccccc21)NC(=O)[C@@H](N)CCC(=O)O)[C@@H](C)O)C(=O)N[C@@H](CCC(=O)O)C(=O)N[C@H](C(=O)N[C@@H](CSCNC(C)=O)C(=O)N[C@H](C(=O)N[C@@H](CSCNC(C)=O)C(=O)N[C@@H](Cc1ccc(O)cc1)C(=O)N[C@@H](CCC(=O)O)C(=O)N[C@H](C(=O)O)[C@@H](C)O)[C@@H](C)O)[C@@H](C)O.O=C(O)C(F)(F)F. The number of aliphatic hydroxyl groups excluding tert-OH is 4. The van der Waals surface area contributed by atoms with Crippen LogP contribution in [-0.2, 0) is 126 Å². The Kier molecular flexibility index (Phi) is 56.1. The van der Waals surface area contributed by atoms with E-state index in [4.69, 9.17) is 27.1 Å². The second kappa shape index (κ2) is 64.2. The number of thioether (sulfide) groups is 3. The summed E-state index contributed by atoms with van der Waals surface area (Å²) in [5, 5.41) is 147. The number of aliphatic imine (C=N–C) groups is 1. The molecule has 34 N–H and O–H groups in total. The van der Waals surface area contributed by atoms with Crippen molar-refractivity contribution in [1.29, 1.82) is 0 Å². The van der Waals surface area contributed by atoms with Crippen molar-refractivity contribution < 1.29 is 189 Å². The molecule has 20 atom stereocenters. The van der Waals surface area contributed by atoms with E-state index < -0.39 is 357 Å². The van der Waals surface area contributed by atoms with E-state index in [0.717, 1.165) is 72.0 Å². The fourth-order valence-corrected chi connectivity index (χ4v) is 15.3. The number of hydrogen-bond donors (Lipinski definition) is 31. The third-order valence-electron chi connectivity index (χ3n) is 20.3. The van der Waals surface area contributed by atoms with E-state index in [1.54, 1.807) is 24.3 Å². The van der Waals surface area contributed by atoms with Gasteiger partial charge in [0.05, 0.1) is 66.6 Å². The number of phenols is 1. The van der Waals surface area contributed by atoms with Crippen LogP contribution >= 0.6 is 35.3 Å². The summed E-state index contributed by atoms with van der Waals surface area (Å²) < 4.78 is 31.7. The smallest absolute Gasteiger partial charge is 0.490 e. The lowest BCUT2D eigenvalue weighted by molar-refractivity contribution is -0.192. The lowest BCUT2D eigenvalue weighted by atomic mass is 9.93. The Morgan fingerprint density at radius 2 is 0.673 bits per heavy atom. The van der Waals surface area contributed by atoms with Crippen molar-refractivity contribution >= 4 is 195 Å². The Labute approximate surface area is 846 Å². The van der Waals surface area contributed by atoms with Gasteiger partial charge in [0, 0.05) is 82.3 Å². The highest BCUT2D eigenvalue weighted by Crippen LogP contribution is 2.35. The minimum Gasteiger partial charge on any atom is -0.508 e. The molecule has 0 spiro atoms. The molecule has 0 aromatic heterocycles. The number of primary amides is 2. The van der Waals surface area contributed by atoms with E-state index in [-0.39, 0.29) is 41.8 Å². The molecule has 147 heavy (non-hydrogen) atoms. The van der Waals surface area contributed by atoms with Crippen LogP contribution in [0.1, 0.15) is 136 Å². The third-order valence-corrected chi connectivity index (χ3v) is 23.0. The topological polar surface area (TPSA) is 944 Å². The van der Waals surface area contributed by atoms with E-state index in [2.05, 4.69) is 79.4 Å². The van der Waals surface area contributed by atoms with Crippen molar-refractivity contribution in [2.24, 2.45) is 22.2 Å². The van der Waals surface area contributed by atoms with Crippen LogP contribution in [0, 0.1) is 0 Å². The van der Waals surface area contributed by atoms with E-state index in [9.17, 15) is 179 Å². The van der Waals surface area contributed by atoms with Crippen LogP contribution in [0.5, 0.6) is 5.75 Å². The van der Waals surface area contributed by atoms with Gasteiger partial charge in [-0.15, -0.1) is 35.3 Å². The van der Waals surface area contributed by atoms with Gasteiger partial charge in [-0.05, 0) is 89.1 Å². The number of phenolic OH excluding ortho intramolecular Hbond substituents is 1. The summed E-state index contributed by atoms with van der Waals surface area (Å²) in [6.45, 7) is 7.11. The number of halogens is 3. The van der Waals surface area contributed by atoms with E-state index in [0.29, 0.717) is 23.0 Å². The molecule has 0 radical (unpaired) electrons. The molecule has 0 saturated heterocycles. The Morgan fingerprint density at radius 1 is 0.367 bits per heavy atom. The maximum Gasteiger partial charge on any atom is 0.490 e. The molecule has 0 bridgehead atoms. The number of para-hydroxylation sites is 1. The summed E-state index contributed by atoms with van der Waals surface area (Å²) in [5.74, 6) is -37.9. The maximum absolute atomic E-state index is 14.6. The number of fused-ring (bicyclic) bond motifs is 1. The number of alkyl halides is 3. The fourth-order valence-electron chi connectivity index (χ4n) is 12.6. The molecule has 1 aliphatic rings. The number of aliphatic carboxylic acids is 6. The molecule has 0 fully saturated rings. The van der Waals surface area contributed by atoms with Crippen LogP contribution < -0.4 is 108 Å². The molecule has 0 aliphatic carbocycles. The molecule has 57 nitrogen and oxygen atoms in total. The normalized spacial score (nSPS) is 15.7. The van der Waals surface area contributed by atoms with Gasteiger partial charge < -0.3 is 164 Å². The lowest BCUT2D eigenvalue weighted by Gasteiger charge is -2.29. The minimum absolute atomic E-state index is 0.204. The number of benzene rings is 2. The largest absolute Gasteiger partial charge is 0.508 e. The molecule has 1 heterocycles. The van der Waals surface area contributed by atoms with Crippen LogP contribution in [0.15, 0.2) is 53.5 Å². The summed E-state index contributed by atoms with van der Waals surface area (Å²) in [4.78, 5) is 334. The van der Waals surface area contributed by atoms with Crippen molar-refractivity contribution in [3.63, 3.8) is 0 Å². The van der Waals surface area contributed by atoms with E-state index in [1.165, 1.54) is 30.5 Å². The number of carbonyl (C=O) groups excluding carboxylic acids is 19. The number of carboxylic acids is 6. The number of aromatic hydroxyl groups is 1. The number of aliphatic hydroxyl groups is 4. The summed E-state index contributed by atoms with van der Waals surface area (Å²) in [7, 11) is 0. The summed E-state index contributed by atoms with van der Waals surface area (Å²) in [6.07, 6.45) is -20.4. The van der Waals surface area contributed by atoms with Gasteiger partial charge in [0.15, 0.2) is 6.04 Å². The number of carbonyl (C=O) groups is 25. The highest BCUT2D eigenvalue weighted by molar-refractivity contribution is 7.99. The third kappa shape index (κ3) is 49.6. The summed E-state index contributed by atoms with van der Waals surface area (Å²) >= 11 is 2.17. The molecule has 2 aromatic carbocycles. The van der Waals surface area contributed by atoms with Gasteiger partial charge in [-0.2, -0.15) is 13.2 Å². The van der Waals surface area contributed by atoms with Crippen molar-refractivity contribution in [3.8, 4) is 5.75 Å². The Hall–Kier alpha value is -14.7. The second-order valence-electron chi connectivity index (χ2n) is 32.6. The van der Waals surface area contributed by atoms with Crippen LogP contribution in [0.3, 0.4) is 0 Å². The molecular formula is C84H120F3N21O36S3. The maximum atomic E-state index is 14.6. The first-order valence-corrected chi connectivity index (χ1v) is 47.6. The number of hydrogen-bond acceptors (Lipinski definition) is 35. The molecule has 63 heteroatoms. The number of amides is 19. The van der Waals surface area contributed by atoms with Crippen LogP contribution in [0.4, 0.5) is 18.9 Å². The van der Waals surface area contributed by atoms with Crippen LogP contribution in [0.25, 0.3) is 0 Å². The zero-order valence-corrected chi connectivity index (χ0v) is 82.1. The number of nitrogens with two attached hydrogens (primary N) is 3. The van der Waals surface area contributed by atoms with Gasteiger partial charge in [-0.1, -0.05) is 30.3 Å². The van der Waals surface area contributed by atoms with Gasteiger partial charge in [0.1, 0.15) is 84.3 Å². The average molecular weight is 2150 g/mol. The van der Waals surface area contributed by atoms with Crippen molar-refractivity contribution in [2.45, 2.75) is 253 Å². The number of carboxylic acid groups (broad SMARTS) is 6. The quantitative estimate of drug-likeness (QED) is 0.0216. The van der Waals surface area contributed by atoms with E-state index >= 15 is 0 Å². The predicted octanol–water partition coefficient (Wildman–Crippen LogP) is -10.1. The predicted molar refractivity (Wildman–Crippen MR) is 505 cm³/mol. The molecule has 3 rings (SSSR count). The molecular weight excluding hydrogens is 2030 g/mol. The molecule has 1 aliphatic heterocycles. The van der Waals surface area contributed by atoms with Gasteiger partial charge in [-0.25, -0.2) is 9.59 Å². The average Bonchev–Trinajstić information content (AvgIpc) is 1.68. The van der Waals surface area contributed by atoms with Crippen LogP contribution in [-0.4, -0.2) is 367 Å². The Bertz CT molecular complexity index is 5050. The molecule has 0 saturated carbocycles. The van der Waals surface area contributed by atoms with Gasteiger partial charge in [0.2, 0.25) is 112 Å². The molecule has 2 aromatic rings. The zero-order chi connectivity index (χ0) is 112. The Morgan fingerprint density at radius 3 is 1.03 bits per heavy atom. The minimum atomic E-state index is -5.08. The molecule has 816 valence electrons. The van der Waals surface area contributed by atoms with Crippen molar-refractivity contribution in [2.75, 3.05) is 34.9 Å². The highest BCUT2D eigenvalue weighted by atomic mass is 32.2. The summed E-state index contributed by atoms with van der Waals surface area (Å²) in [5.41, 5.74) is 18.2. The monoisotopic (exact) mass is 2150 g/mol. The first kappa shape index (κ1) is 128. The first-order valence-electron chi connectivity index (χ1n) is 44.1. The van der Waals surface area contributed by atoms with Gasteiger partial charge in [0.25, 0.3) is 0 Å². The van der Waals surface area contributed by atoms with Crippen molar-refractivity contribution in [1.82, 2.24) is 90.4 Å². The van der Waals surface area contributed by atoms with Gasteiger partial charge in [-0.3, -0.25) is 115 Å². The zero-order valence-electron chi connectivity index (χ0n) is 79.6. The highest BCUT2D eigenvalue weighted by Gasteiger charge is 2.43. The number of rotatable bonds is 65. The summed E-state index contributed by atoms with van der Waals surface area (Å²) in [6, 6.07) is -18.4. The molecule has 1 unspecified atom stereocenters. The Balaban J connectivity index is 0.0000100. The number of nitrogens with zero attached hydrogens (tertiary/aromatic N) is 1. The van der Waals surface area contributed by atoms with Gasteiger partial charge >= 0.3 is 42.0 Å². The first-order chi connectivity index (χ1) is 68.5. The van der Waals surface area contributed by atoms with Crippen LogP contribution in [0.2, 0.25) is 0 Å². The molecule has 19 amide bonds. The van der Waals surface area contributed by atoms with E-state index in [1.807, 2.05) is 16.0 Å². The van der Waals surface area contributed by atoms with Crippen molar-refractivity contribution in [3.05, 3.63) is 59.7 Å². The standard InChI is InChI=1S/C82H119N21O34S3.C2HF3O2/c1-35(104)64(100-69(123)48(17-20-58(84)112)90-73(127)52(93-68(122)46(83)16-21-60(114)115)25-43-28-86-47-11-9-8-10-45(43)47)79(133)96-54(27-63(120)121)75(129)95-53(26-59(85)113)74(128)97-55(29-138-32-87-39(5)108)76(130)92-49(18-22-61(116)117)70(124)101-65(36(2)105)80(134)99-57(31-140-34-89-41(7)110)78(132)102-66(37(3)106)81(135)98-56(30-139-33-88-40(6)109)77(131)94-51(24-42-12-14-44(111)15-13-42)72(126)91-50(19-23-62(118)119)71(125)103-67(38(4)107)82(136)137;3-2(4,5)1(6)7/h8-15,28,35-38,43,46,48-57,64-67,104-107,111H,16-27,29-34,83H2,1-7H3,(H2,84,112)(H2,85,113)(H,87,108)(H,88,109)(H,89,110)(H,90,127)(H,91,126)(H,92,130)(H,93,122)(H,94,131)(H,95,129)(H,96,133)(H,97,128)(H,98,135)(H,99,134)(H,100,123)(H,101,124)(H,102,132)(H,103,125)(H,114,115)(H,116,117)(H,118,119)(H,120,121)(H,136,137);(H,6,7)/t35-,36-,37-,38-,43?,46+,48+,49+,50+,51+,52+,53+,54+,55+,56+,57+,64+,65+,66+,67+;/m1./s1.